The Labute approximate surface area is 153 Å². The summed E-state index contributed by atoms with van der Waals surface area (Å²) in [5.74, 6) is -0.0556. The molecule has 0 bridgehead atoms. The molecule has 1 aromatic heterocycles. The van der Waals surface area contributed by atoms with Gasteiger partial charge in [-0.15, -0.1) is 0 Å². The van der Waals surface area contributed by atoms with Crippen LogP contribution in [-0.2, 0) is 14.1 Å². The van der Waals surface area contributed by atoms with Gasteiger partial charge in [-0.1, -0.05) is 12.5 Å². The summed E-state index contributed by atoms with van der Waals surface area (Å²) in [5.41, 5.74) is 0.774. The number of pyridine rings is 1. The number of unbranched alkanes of at least 4 members (excludes halogenated alkanes) is 2. The van der Waals surface area contributed by atoms with E-state index in [1.165, 1.54) is 13.0 Å². The van der Waals surface area contributed by atoms with Crippen LogP contribution < -0.4 is 16.2 Å². The van der Waals surface area contributed by atoms with Crippen LogP contribution in [0, 0.1) is 0 Å². The van der Waals surface area contributed by atoms with Gasteiger partial charge in [0.25, 0.3) is 0 Å². The van der Waals surface area contributed by atoms with E-state index in [1.807, 2.05) is 0 Å². The maximum Gasteiger partial charge on any atom is 0.247 e. The normalized spacial score (nSPS) is 22.5. The molecule has 0 spiro atoms. The van der Waals surface area contributed by atoms with Gasteiger partial charge in [0.1, 0.15) is 0 Å². The summed E-state index contributed by atoms with van der Waals surface area (Å²) in [5, 5.41) is 6.01. The Kier molecular flexibility index (Phi) is 8.03. The van der Waals surface area contributed by atoms with Crippen molar-refractivity contribution in [1.29, 1.82) is 0 Å². The molecule has 1 fully saturated rings. The van der Waals surface area contributed by atoms with Crippen molar-refractivity contribution in [2.24, 2.45) is 0 Å². The van der Waals surface area contributed by atoms with Crippen molar-refractivity contribution in [1.82, 2.24) is 15.6 Å². The topological polar surface area (TPSA) is 121 Å². The molecule has 0 aliphatic carbocycles. The third-order valence-electron chi connectivity index (χ3n) is 4.35. The van der Waals surface area contributed by atoms with E-state index >= 15 is 0 Å². The van der Waals surface area contributed by atoms with Crippen LogP contribution in [0.3, 0.4) is 0 Å². The summed E-state index contributed by atoms with van der Waals surface area (Å²) >= 11 is 0. The van der Waals surface area contributed by atoms with Crippen LogP contribution in [0.2, 0.25) is 0 Å². The van der Waals surface area contributed by atoms with Crippen LogP contribution in [0.4, 0.5) is 0 Å². The Morgan fingerprint density at radius 3 is 2.81 bits per heavy atom. The van der Waals surface area contributed by atoms with Gasteiger partial charge in [0.2, 0.25) is 18.8 Å². The van der Waals surface area contributed by atoms with Crippen molar-refractivity contribution in [2.75, 3.05) is 32.0 Å². The van der Waals surface area contributed by atoms with E-state index in [9.17, 15) is 19.0 Å². The number of ether oxygens (including phenoxy) is 1. The number of morpholine rings is 1. The number of amides is 1. The minimum absolute atomic E-state index is 0.0324. The molecule has 0 saturated carbocycles. The highest BCUT2D eigenvalue weighted by atomic mass is 31.2. The van der Waals surface area contributed by atoms with Crippen LogP contribution in [0.1, 0.15) is 37.8 Å². The molecule has 4 N–H and O–H groups in total. The van der Waals surface area contributed by atoms with Gasteiger partial charge in [-0.05, 0) is 18.4 Å². The van der Waals surface area contributed by atoms with Crippen molar-refractivity contribution >= 4 is 13.3 Å². The van der Waals surface area contributed by atoms with Crippen LogP contribution in [0.5, 0.6) is 0 Å². The van der Waals surface area contributed by atoms with E-state index in [-0.39, 0.29) is 35.9 Å². The second-order valence-electron chi connectivity index (χ2n) is 6.70. The Morgan fingerprint density at radius 2 is 2.19 bits per heavy atom. The molecule has 2 heterocycles. The van der Waals surface area contributed by atoms with Crippen LogP contribution >= 0.6 is 7.37 Å². The van der Waals surface area contributed by atoms with Gasteiger partial charge in [-0.3, -0.25) is 14.2 Å². The van der Waals surface area contributed by atoms with Crippen molar-refractivity contribution in [2.45, 2.75) is 38.3 Å². The molecule has 3 atom stereocenters. The molecule has 2 rings (SSSR count). The quantitative estimate of drug-likeness (QED) is 0.372. The summed E-state index contributed by atoms with van der Waals surface area (Å²) in [4.78, 5) is 34.7. The van der Waals surface area contributed by atoms with E-state index in [4.69, 9.17) is 4.74 Å². The average molecular weight is 385 g/mol. The molecule has 9 heteroatoms. The van der Waals surface area contributed by atoms with Gasteiger partial charge in [0, 0.05) is 38.4 Å². The number of hydrogen-bond acceptors (Lipinski definition) is 5. The monoisotopic (exact) mass is 385 g/mol. The first-order chi connectivity index (χ1) is 12.4. The Morgan fingerprint density at radius 1 is 1.38 bits per heavy atom. The molecule has 1 aliphatic heterocycles. The molecule has 146 valence electrons. The molecule has 0 radical (unpaired) electrons. The summed E-state index contributed by atoms with van der Waals surface area (Å²) in [7, 11) is -3.23. The second kappa shape index (κ2) is 10.0. The van der Waals surface area contributed by atoms with Gasteiger partial charge < -0.3 is 25.2 Å². The Bertz CT molecular complexity index is 665. The summed E-state index contributed by atoms with van der Waals surface area (Å²) in [6, 6.07) is 3.18. The number of rotatable bonds is 9. The molecule has 1 saturated heterocycles. The lowest BCUT2D eigenvalue weighted by molar-refractivity contribution is -0.118. The number of carbonyl (C=O) groups excluding carboxylic acids is 1. The lowest BCUT2D eigenvalue weighted by atomic mass is 10.1. The van der Waals surface area contributed by atoms with Crippen LogP contribution in [0.25, 0.3) is 0 Å². The van der Waals surface area contributed by atoms with Crippen molar-refractivity contribution in [3.05, 3.63) is 34.2 Å². The van der Waals surface area contributed by atoms with E-state index in [0.29, 0.717) is 26.1 Å². The number of nitrogens with one attached hydrogen (secondary N) is 3. The van der Waals surface area contributed by atoms with E-state index in [2.05, 4.69) is 15.6 Å². The zero-order valence-electron chi connectivity index (χ0n) is 15.1. The molecular formula is C17H28N3O5P. The summed E-state index contributed by atoms with van der Waals surface area (Å²) in [6.45, 7) is 2.97. The molecule has 8 nitrogen and oxygen atoms in total. The fourth-order valence-electron chi connectivity index (χ4n) is 2.93. The standard InChI is InChI=1S/C17H28N3O5P/c1-13(21)18-7-3-2-4-8-26(23,24)12-15-10-19-16(11-25-15)14-5-6-17(22)20-9-14/h5-6,9,15-16,19H,2-4,7-8,10-12H2,1H3,(H,18,21)(H,20,22)(H,23,24)/t15-,16+/m1/s1. The predicted octanol–water partition coefficient (Wildman–Crippen LogP) is 0.981. The first-order valence-electron chi connectivity index (χ1n) is 8.94. The van der Waals surface area contributed by atoms with E-state index < -0.39 is 7.37 Å². The van der Waals surface area contributed by atoms with Gasteiger partial charge in [-0.25, -0.2) is 0 Å². The first-order valence-corrected chi connectivity index (χ1v) is 11.0. The zero-order valence-corrected chi connectivity index (χ0v) is 16.0. The minimum Gasteiger partial charge on any atom is -0.374 e. The maximum absolute atomic E-state index is 12.4. The highest BCUT2D eigenvalue weighted by molar-refractivity contribution is 7.58. The van der Waals surface area contributed by atoms with Crippen molar-refractivity contribution < 1.29 is 19.0 Å². The zero-order chi connectivity index (χ0) is 19.0. The number of aromatic amines is 1. The van der Waals surface area contributed by atoms with Crippen molar-refractivity contribution in [3.8, 4) is 0 Å². The molecule has 0 aromatic carbocycles. The fourth-order valence-corrected chi connectivity index (χ4v) is 4.70. The van der Waals surface area contributed by atoms with E-state index in [0.717, 1.165) is 18.4 Å². The predicted molar refractivity (Wildman–Crippen MR) is 99.6 cm³/mol. The van der Waals surface area contributed by atoms with Crippen LogP contribution in [0.15, 0.2) is 23.1 Å². The summed E-state index contributed by atoms with van der Waals surface area (Å²) in [6.07, 6.45) is 4.06. The van der Waals surface area contributed by atoms with Gasteiger partial charge in [-0.2, -0.15) is 0 Å². The number of hydrogen-bond donors (Lipinski definition) is 4. The number of H-pyrrole nitrogens is 1. The first kappa shape index (κ1) is 20.8. The third-order valence-corrected chi connectivity index (χ3v) is 6.34. The lowest BCUT2D eigenvalue weighted by Gasteiger charge is -2.31. The molecular weight excluding hydrogens is 357 g/mol. The average Bonchev–Trinajstić information content (AvgIpc) is 2.59. The Hall–Kier alpha value is -1.47. The molecule has 1 unspecified atom stereocenters. The van der Waals surface area contributed by atoms with Crippen molar-refractivity contribution in [3.63, 3.8) is 0 Å². The fraction of sp³-hybridized carbons (Fsp3) is 0.647. The highest BCUT2D eigenvalue weighted by Crippen LogP contribution is 2.43. The Balaban J connectivity index is 1.67. The largest absolute Gasteiger partial charge is 0.374 e. The summed E-state index contributed by atoms with van der Waals surface area (Å²) < 4.78 is 18.1. The maximum atomic E-state index is 12.4. The van der Waals surface area contributed by atoms with E-state index in [1.54, 1.807) is 12.3 Å². The lowest BCUT2D eigenvalue weighted by Crippen LogP contribution is -2.43. The third kappa shape index (κ3) is 7.41. The molecule has 1 aromatic rings. The molecule has 1 aliphatic rings. The van der Waals surface area contributed by atoms with Gasteiger partial charge in [0.15, 0.2) is 0 Å². The van der Waals surface area contributed by atoms with Gasteiger partial charge >= 0.3 is 0 Å². The smallest absolute Gasteiger partial charge is 0.247 e. The number of carbonyl (C=O) groups is 1. The van der Waals surface area contributed by atoms with Crippen LogP contribution in [-0.4, -0.2) is 53.9 Å². The molecule has 1 amide bonds. The SMILES string of the molecule is CC(=O)NCCCCCP(=O)(O)C[C@H]1CN[C@H](c2ccc(=O)[nH]c2)CO1. The minimum atomic E-state index is -3.23. The second-order valence-corrected chi connectivity index (χ2v) is 9.20. The molecule has 26 heavy (non-hydrogen) atoms. The number of aromatic nitrogens is 1. The highest BCUT2D eigenvalue weighted by Gasteiger charge is 2.29. The van der Waals surface area contributed by atoms with Gasteiger partial charge in [0.05, 0.1) is 24.9 Å².